The predicted octanol–water partition coefficient (Wildman–Crippen LogP) is 3.18. The molecule has 0 aromatic heterocycles. The van der Waals surface area contributed by atoms with Gasteiger partial charge in [-0.15, -0.1) is 0 Å². The van der Waals surface area contributed by atoms with Crippen LogP contribution in [0.5, 0.6) is 0 Å². The molecule has 2 aromatic rings. The number of sulfonamides is 1. The van der Waals surface area contributed by atoms with Crippen molar-refractivity contribution in [1.82, 2.24) is 9.80 Å². The Hall–Kier alpha value is -1.74. The van der Waals surface area contributed by atoms with Gasteiger partial charge in [-0.2, -0.15) is 0 Å². The Labute approximate surface area is 180 Å². The van der Waals surface area contributed by atoms with Crippen LogP contribution < -0.4 is 5.14 Å². The number of hydrogen-bond acceptors (Lipinski definition) is 4. The minimum atomic E-state index is -3.86. The second-order valence-electron chi connectivity index (χ2n) is 7.65. The maximum atomic E-state index is 12.9. The van der Waals surface area contributed by atoms with Gasteiger partial charge in [0, 0.05) is 37.2 Å². The standard InChI is InChI=1S/C21H26BrN3O3S/c1-15(2)17-5-3-16(4-6-17)14-24-9-11-25(12-10-24)21(26)19-13-18(29(23,27)28)7-8-20(19)22/h3-8,13,15H,9-12,14H2,1-2H3,(H2,23,27,28). The van der Waals surface area contributed by atoms with Gasteiger partial charge >= 0.3 is 0 Å². The van der Waals surface area contributed by atoms with E-state index in [9.17, 15) is 13.2 Å². The molecule has 1 heterocycles. The lowest BCUT2D eigenvalue weighted by Crippen LogP contribution is -2.48. The number of benzene rings is 2. The van der Waals surface area contributed by atoms with Crippen LogP contribution in [0.15, 0.2) is 51.8 Å². The zero-order chi connectivity index (χ0) is 21.2. The molecule has 0 aliphatic carbocycles. The molecular formula is C21H26BrN3O3S. The van der Waals surface area contributed by atoms with Gasteiger partial charge < -0.3 is 4.90 Å². The number of halogens is 1. The van der Waals surface area contributed by atoms with Crippen LogP contribution in [-0.2, 0) is 16.6 Å². The number of nitrogens with zero attached hydrogens (tertiary/aromatic N) is 2. The first-order chi connectivity index (χ1) is 13.6. The largest absolute Gasteiger partial charge is 0.336 e. The van der Waals surface area contributed by atoms with Gasteiger partial charge in [0.1, 0.15) is 0 Å². The van der Waals surface area contributed by atoms with Crippen molar-refractivity contribution in [3.63, 3.8) is 0 Å². The van der Waals surface area contributed by atoms with Crippen molar-refractivity contribution in [2.24, 2.45) is 5.14 Å². The van der Waals surface area contributed by atoms with Crippen LogP contribution in [-0.4, -0.2) is 50.3 Å². The highest BCUT2D eigenvalue weighted by molar-refractivity contribution is 9.10. The molecule has 6 nitrogen and oxygen atoms in total. The SMILES string of the molecule is CC(C)c1ccc(CN2CCN(C(=O)c3cc(S(N)(=O)=O)ccc3Br)CC2)cc1. The first kappa shape index (κ1) is 22.0. The summed E-state index contributed by atoms with van der Waals surface area (Å²) in [7, 11) is -3.86. The van der Waals surface area contributed by atoms with E-state index in [1.807, 2.05) is 0 Å². The van der Waals surface area contributed by atoms with E-state index in [0.717, 1.165) is 19.6 Å². The maximum absolute atomic E-state index is 12.9. The molecule has 1 aliphatic heterocycles. The molecule has 1 amide bonds. The van der Waals surface area contributed by atoms with E-state index >= 15 is 0 Å². The minimum Gasteiger partial charge on any atom is -0.336 e. The summed E-state index contributed by atoms with van der Waals surface area (Å²) in [5.41, 5.74) is 2.91. The van der Waals surface area contributed by atoms with Crippen molar-refractivity contribution in [1.29, 1.82) is 0 Å². The molecule has 0 atom stereocenters. The summed E-state index contributed by atoms with van der Waals surface area (Å²) in [6, 6.07) is 13.0. The van der Waals surface area contributed by atoms with Crippen molar-refractivity contribution in [2.45, 2.75) is 31.2 Å². The Kier molecular flexibility index (Phi) is 6.78. The fourth-order valence-electron chi connectivity index (χ4n) is 3.39. The highest BCUT2D eigenvalue weighted by atomic mass is 79.9. The second-order valence-corrected chi connectivity index (χ2v) is 10.1. The lowest BCUT2D eigenvalue weighted by molar-refractivity contribution is 0.0627. The van der Waals surface area contributed by atoms with Gasteiger partial charge in [-0.1, -0.05) is 38.1 Å². The van der Waals surface area contributed by atoms with E-state index < -0.39 is 10.0 Å². The summed E-state index contributed by atoms with van der Waals surface area (Å²) >= 11 is 3.34. The van der Waals surface area contributed by atoms with Crippen LogP contribution >= 0.6 is 15.9 Å². The molecule has 156 valence electrons. The van der Waals surface area contributed by atoms with Crippen LogP contribution in [0, 0.1) is 0 Å². The van der Waals surface area contributed by atoms with Gasteiger partial charge in [0.2, 0.25) is 10.0 Å². The topological polar surface area (TPSA) is 83.7 Å². The summed E-state index contributed by atoms with van der Waals surface area (Å²) in [6.07, 6.45) is 0. The Bertz CT molecular complexity index is 983. The number of hydrogen-bond donors (Lipinski definition) is 1. The Morgan fingerprint density at radius 3 is 2.24 bits per heavy atom. The van der Waals surface area contributed by atoms with Crippen LogP contribution in [0.25, 0.3) is 0 Å². The van der Waals surface area contributed by atoms with Crippen molar-refractivity contribution >= 4 is 31.9 Å². The quantitative estimate of drug-likeness (QED) is 0.713. The van der Waals surface area contributed by atoms with Crippen LogP contribution in [0.3, 0.4) is 0 Å². The van der Waals surface area contributed by atoms with E-state index in [-0.39, 0.29) is 10.8 Å². The zero-order valence-corrected chi connectivity index (χ0v) is 19.0. The molecule has 0 unspecified atom stereocenters. The predicted molar refractivity (Wildman–Crippen MR) is 117 cm³/mol. The van der Waals surface area contributed by atoms with E-state index in [2.05, 4.69) is 58.9 Å². The summed E-state index contributed by atoms with van der Waals surface area (Å²) in [4.78, 5) is 16.9. The smallest absolute Gasteiger partial charge is 0.255 e. The molecular weight excluding hydrogens is 454 g/mol. The van der Waals surface area contributed by atoms with Crippen molar-refractivity contribution in [3.05, 3.63) is 63.6 Å². The number of piperazine rings is 1. The number of nitrogens with two attached hydrogens (primary N) is 1. The molecule has 0 saturated carbocycles. The summed E-state index contributed by atoms with van der Waals surface area (Å²) < 4.78 is 23.8. The Morgan fingerprint density at radius 2 is 1.69 bits per heavy atom. The van der Waals surface area contributed by atoms with E-state index in [4.69, 9.17) is 5.14 Å². The second kappa shape index (κ2) is 8.95. The zero-order valence-electron chi connectivity index (χ0n) is 16.6. The third kappa shape index (κ3) is 5.45. The average molecular weight is 480 g/mol. The van der Waals surface area contributed by atoms with E-state index in [0.29, 0.717) is 29.0 Å². The van der Waals surface area contributed by atoms with Gasteiger partial charge in [-0.25, -0.2) is 13.6 Å². The first-order valence-corrected chi connectivity index (χ1v) is 11.9. The fraction of sp³-hybridized carbons (Fsp3) is 0.381. The van der Waals surface area contributed by atoms with Gasteiger partial charge in [-0.05, 0) is 51.2 Å². The van der Waals surface area contributed by atoms with Crippen LogP contribution in [0.1, 0.15) is 41.3 Å². The number of carbonyl (C=O) groups is 1. The molecule has 0 spiro atoms. The van der Waals surface area contributed by atoms with Crippen LogP contribution in [0.4, 0.5) is 0 Å². The van der Waals surface area contributed by atoms with Crippen LogP contribution in [0.2, 0.25) is 0 Å². The summed E-state index contributed by atoms with van der Waals surface area (Å²) in [6.45, 7) is 7.94. The molecule has 3 rings (SSSR count). The molecule has 2 aromatic carbocycles. The fourth-order valence-corrected chi connectivity index (χ4v) is 4.35. The average Bonchev–Trinajstić information content (AvgIpc) is 2.68. The molecule has 0 radical (unpaired) electrons. The van der Waals surface area contributed by atoms with Crippen molar-refractivity contribution in [3.8, 4) is 0 Å². The summed E-state index contributed by atoms with van der Waals surface area (Å²) in [5.74, 6) is 0.328. The maximum Gasteiger partial charge on any atom is 0.255 e. The highest BCUT2D eigenvalue weighted by Crippen LogP contribution is 2.23. The van der Waals surface area contributed by atoms with Crippen molar-refractivity contribution < 1.29 is 13.2 Å². The molecule has 29 heavy (non-hydrogen) atoms. The third-order valence-corrected chi connectivity index (χ3v) is 6.81. The third-order valence-electron chi connectivity index (χ3n) is 5.21. The Balaban J connectivity index is 1.62. The van der Waals surface area contributed by atoms with Crippen molar-refractivity contribution in [2.75, 3.05) is 26.2 Å². The molecule has 1 fully saturated rings. The van der Waals surface area contributed by atoms with Gasteiger partial charge in [-0.3, -0.25) is 9.69 Å². The molecule has 1 saturated heterocycles. The van der Waals surface area contributed by atoms with E-state index in [1.54, 1.807) is 11.0 Å². The lowest BCUT2D eigenvalue weighted by Gasteiger charge is -2.35. The minimum absolute atomic E-state index is 0.0625. The molecule has 8 heteroatoms. The summed E-state index contributed by atoms with van der Waals surface area (Å²) in [5, 5.41) is 5.20. The highest BCUT2D eigenvalue weighted by Gasteiger charge is 2.24. The van der Waals surface area contributed by atoms with Gasteiger partial charge in [0.25, 0.3) is 5.91 Å². The lowest BCUT2D eigenvalue weighted by atomic mass is 10.0. The molecule has 2 N–H and O–H groups in total. The van der Waals surface area contributed by atoms with Gasteiger partial charge in [0.05, 0.1) is 10.5 Å². The number of rotatable bonds is 5. The van der Waals surface area contributed by atoms with Gasteiger partial charge in [0.15, 0.2) is 0 Å². The number of primary sulfonamides is 1. The number of carbonyl (C=O) groups excluding carboxylic acids is 1. The first-order valence-electron chi connectivity index (χ1n) is 9.58. The Morgan fingerprint density at radius 1 is 1.07 bits per heavy atom. The van der Waals surface area contributed by atoms with E-state index in [1.165, 1.54) is 23.3 Å². The monoisotopic (exact) mass is 479 g/mol. The number of amides is 1. The normalized spacial score (nSPS) is 15.7. The molecule has 0 bridgehead atoms. The molecule has 1 aliphatic rings.